The SMILES string of the molecule is COc1ccc(NC(=O)CSc2nnc(-c3ccccc3O)n2-c2ccccc2)c(OC)c1. The molecule has 8 nitrogen and oxygen atoms in total. The van der Waals surface area contributed by atoms with Gasteiger partial charge in [-0.05, 0) is 36.4 Å². The number of thioether (sulfide) groups is 1. The van der Waals surface area contributed by atoms with Crippen molar-refractivity contribution in [2.45, 2.75) is 5.16 Å². The molecule has 4 rings (SSSR count). The first kappa shape index (κ1) is 22.2. The van der Waals surface area contributed by atoms with E-state index in [1.807, 2.05) is 41.0 Å². The van der Waals surface area contributed by atoms with Crippen molar-refractivity contribution in [2.24, 2.45) is 0 Å². The third kappa shape index (κ3) is 4.93. The number of hydrogen-bond donors (Lipinski definition) is 2. The van der Waals surface area contributed by atoms with Gasteiger partial charge in [0.05, 0.1) is 31.2 Å². The van der Waals surface area contributed by atoms with Gasteiger partial charge in [0.15, 0.2) is 11.0 Å². The Morgan fingerprint density at radius 1 is 1.00 bits per heavy atom. The van der Waals surface area contributed by atoms with Crippen LogP contribution < -0.4 is 14.8 Å². The smallest absolute Gasteiger partial charge is 0.234 e. The fourth-order valence-corrected chi connectivity index (χ4v) is 3.98. The predicted molar refractivity (Wildman–Crippen MR) is 127 cm³/mol. The minimum Gasteiger partial charge on any atom is -0.507 e. The Morgan fingerprint density at radius 2 is 1.76 bits per heavy atom. The zero-order chi connectivity index (χ0) is 23.2. The molecule has 0 atom stereocenters. The third-order valence-electron chi connectivity index (χ3n) is 4.81. The highest BCUT2D eigenvalue weighted by molar-refractivity contribution is 7.99. The second kappa shape index (κ2) is 10.1. The summed E-state index contributed by atoms with van der Waals surface area (Å²) in [5, 5.41) is 22.3. The van der Waals surface area contributed by atoms with Crippen LogP contribution in [0.1, 0.15) is 0 Å². The molecule has 0 unspecified atom stereocenters. The van der Waals surface area contributed by atoms with Crippen LogP contribution in [0.4, 0.5) is 5.69 Å². The molecule has 0 saturated heterocycles. The molecule has 0 aliphatic carbocycles. The second-order valence-electron chi connectivity index (χ2n) is 6.90. The fraction of sp³-hybridized carbons (Fsp3) is 0.125. The maximum Gasteiger partial charge on any atom is 0.234 e. The van der Waals surface area contributed by atoms with Crippen molar-refractivity contribution < 1.29 is 19.4 Å². The fourth-order valence-electron chi connectivity index (χ4n) is 3.23. The molecule has 1 amide bonds. The van der Waals surface area contributed by atoms with Crippen LogP contribution in [-0.4, -0.2) is 45.8 Å². The number of benzene rings is 3. The number of ether oxygens (including phenoxy) is 2. The number of carbonyl (C=O) groups excluding carboxylic acids is 1. The molecule has 0 bridgehead atoms. The number of phenolic OH excluding ortho intramolecular Hbond substituents is 1. The monoisotopic (exact) mass is 462 g/mol. The van der Waals surface area contributed by atoms with Gasteiger partial charge in [-0.15, -0.1) is 10.2 Å². The van der Waals surface area contributed by atoms with E-state index in [0.29, 0.717) is 33.7 Å². The predicted octanol–water partition coefficient (Wildman–Crippen LogP) is 4.39. The van der Waals surface area contributed by atoms with Crippen molar-refractivity contribution in [1.82, 2.24) is 14.8 Å². The minimum atomic E-state index is -0.227. The van der Waals surface area contributed by atoms with Gasteiger partial charge in [-0.1, -0.05) is 42.1 Å². The number of hydrogen-bond acceptors (Lipinski definition) is 7. The zero-order valence-corrected chi connectivity index (χ0v) is 18.9. The molecule has 0 fully saturated rings. The molecule has 4 aromatic rings. The molecule has 0 aliphatic rings. The molecule has 168 valence electrons. The van der Waals surface area contributed by atoms with Crippen molar-refractivity contribution in [2.75, 3.05) is 25.3 Å². The first-order valence-electron chi connectivity index (χ1n) is 10.0. The standard InChI is InChI=1S/C24H22N4O4S/c1-31-17-12-13-19(21(14-17)32-2)25-22(30)15-33-24-27-26-23(18-10-6-7-11-20(18)29)28(24)16-8-4-3-5-9-16/h3-14,29H,15H2,1-2H3,(H,25,30). The number of carbonyl (C=O) groups is 1. The van der Waals surface area contributed by atoms with E-state index >= 15 is 0 Å². The summed E-state index contributed by atoms with van der Waals surface area (Å²) in [4.78, 5) is 12.7. The van der Waals surface area contributed by atoms with Gasteiger partial charge in [-0.3, -0.25) is 9.36 Å². The molecule has 1 heterocycles. The number of nitrogens with one attached hydrogen (secondary N) is 1. The molecular formula is C24H22N4O4S. The summed E-state index contributed by atoms with van der Waals surface area (Å²) in [6, 6.07) is 21.7. The number of para-hydroxylation sites is 2. The molecule has 1 aromatic heterocycles. The summed E-state index contributed by atoms with van der Waals surface area (Å²) in [5.74, 6) is 1.59. The van der Waals surface area contributed by atoms with Crippen LogP contribution in [0.15, 0.2) is 78.0 Å². The van der Waals surface area contributed by atoms with Crippen molar-refractivity contribution in [3.63, 3.8) is 0 Å². The number of methoxy groups -OCH3 is 2. The van der Waals surface area contributed by atoms with Crippen molar-refractivity contribution in [1.29, 1.82) is 0 Å². The highest BCUT2D eigenvalue weighted by atomic mass is 32.2. The number of amides is 1. The van der Waals surface area contributed by atoms with Crippen LogP contribution >= 0.6 is 11.8 Å². The van der Waals surface area contributed by atoms with E-state index in [2.05, 4.69) is 15.5 Å². The number of aromatic nitrogens is 3. The first-order chi connectivity index (χ1) is 16.1. The van der Waals surface area contributed by atoms with Gasteiger partial charge >= 0.3 is 0 Å². The van der Waals surface area contributed by atoms with Gasteiger partial charge in [0.1, 0.15) is 17.2 Å². The molecule has 9 heteroatoms. The first-order valence-corrected chi connectivity index (χ1v) is 11.0. The van der Waals surface area contributed by atoms with Crippen molar-refractivity contribution in [3.05, 3.63) is 72.8 Å². The highest BCUT2D eigenvalue weighted by Crippen LogP contribution is 2.33. The average Bonchev–Trinajstić information content (AvgIpc) is 3.27. The molecule has 0 spiro atoms. The summed E-state index contributed by atoms with van der Waals surface area (Å²) in [6.07, 6.45) is 0. The van der Waals surface area contributed by atoms with Crippen LogP contribution in [0.3, 0.4) is 0 Å². The molecule has 33 heavy (non-hydrogen) atoms. The second-order valence-corrected chi connectivity index (χ2v) is 7.84. The zero-order valence-electron chi connectivity index (χ0n) is 18.1. The summed E-state index contributed by atoms with van der Waals surface area (Å²) in [7, 11) is 3.10. The summed E-state index contributed by atoms with van der Waals surface area (Å²) in [6.45, 7) is 0. The lowest BCUT2D eigenvalue weighted by Gasteiger charge is -2.12. The Bertz CT molecular complexity index is 1260. The number of nitrogens with zero attached hydrogens (tertiary/aromatic N) is 3. The van der Waals surface area contributed by atoms with E-state index in [0.717, 1.165) is 5.69 Å². The average molecular weight is 463 g/mol. The van der Waals surface area contributed by atoms with Gasteiger partial charge in [-0.2, -0.15) is 0 Å². The van der Waals surface area contributed by atoms with Gasteiger partial charge in [0.25, 0.3) is 0 Å². The minimum absolute atomic E-state index is 0.0981. The Hall–Kier alpha value is -3.98. The lowest BCUT2D eigenvalue weighted by atomic mass is 10.2. The van der Waals surface area contributed by atoms with Gasteiger partial charge in [0, 0.05) is 11.8 Å². The van der Waals surface area contributed by atoms with E-state index in [4.69, 9.17) is 9.47 Å². The van der Waals surface area contributed by atoms with E-state index in [9.17, 15) is 9.90 Å². The topological polar surface area (TPSA) is 98.5 Å². The molecule has 3 aromatic carbocycles. The van der Waals surface area contributed by atoms with E-state index < -0.39 is 0 Å². The molecular weight excluding hydrogens is 440 g/mol. The lowest BCUT2D eigenvalue weighted by molar-refractivity contribution is -0.113. The van der Waals surface area contributed by atoms with Crippen LogP contribution in [0.5, 0.6) is 17.2 Å². The van der Waals surface area contributed by atoms with E-state index in [-0.39, 0.29) is 17.4 Å². The molecule has 0 aliphatic heterocycles. The molecule has 0 saturated carbocycles. The molecule has 0 radical (unpaired) electrons. The van der Waals surface area contributed by atoms with Crippen molar-refractivity contribution in [3.8, 4) is 34.3 Å². The maximum atomic E-state index is 12.7. The van der Waals surface area contributed by atoms with Gasteiger partial charge < -0.3 is 19.9 Å². The number of anilines is 1. The van der Waals surface area contributed by atoms with Gasteiger partial charge in [0.2, 0.25) is 5.91 Å². The third-order valence-corrected chi connectivity index (χ3v) is 5.74. The number of aromatic hydroxyl groups is 1. The Morgan fingerprint density at radius 3 is 2.48 bits per heavy atom. The summed E-state index contributed by atoms with van der Waals surface area (Å²) in [5.41, 5.74) is 1.91. The normalized spacial score (nSPS) is 10.6. The Kier molecular flexibility index (Phi) is 6.80. The summed E-state index contributed by atoms with van der Waals surface area (Å²) < 4.78 is 12.4. The molecule has 2 N–H and O–H groups in total. The quantitative estimate of drug-likeness (QED) is 0.375. The summed E-state index contributed by atoms with van der Waals surface area (Å²) >= 11 is 1.24. The van der Waals surface area contributed by atoms with Crippen molar-refractivity contribution >= 4 is 23.4 Å². The van der Waals surface area contributed by atoms with Crippen LogP contribution in [0.25, 0.3) is 17.1 Å². The van der Waals surface area contributed by atoms with E-state index in [1.54, 1.807) is 43.5 Å². The van der Waals surface area contributed by atoms with Crippen LogP contribution in [0.2, 0.25) is 0 Å². The largest absolute Gasteiger partial charge is 0.507 e. The van der Waals surface area contributed by atoms with Crippen LogP contribution in [-0.2, 0) is 4.79 Å². The Balaban J connectivity index is 1.58. The lowest BCUT2D eigenvalue weighted by Crippen LogP contribution is -2.15. The number of rotatable bonds is 8. The van der Waals surface area contributed by atoms with Crippen LogP contribution in [0, 0.1) is 0 Å². The maximum absolute atomic E-state index is 12.7. The van der Waals surface area contributed by atoms with Gasteiger partial charge in [-0.25, -0.2) is 0 Å². The van der Waals surface area contributed by atoms with E-state index in [1.165, 1.54) is 18.9 Å². The highest BCUT2D eigenvalue weighted by Gasteiger charge is 2.19. The number of phenols is 1. The Labute approximate surface area is 195 Å².